The largest absolute Gasteiger partial charge is 0.371 e. The van der Waals surface area contributed by atoms with Crippen LogP contribution in [0.15, 0.2) is 24.5 Å². The van der Waals surface area contributed by atoms with Crippen molar-refractivity contribution < 1.29 is 4.39 Å². The molecule has 5 heteroatoms. The van der Waals surface area contributed by atoms with Crippen molar-refractivity contribution in [3.8, 4) is 0 Å². The summed E-state index contributed by atoms with van der Waals surface area (Å²) in [7, 11) is 0. The normalized spacial score (nSPS) is 21.0. The van der Waals surface area contributed by atoms with Gasteiger partial charge in [0, 0.05) is 30.1 Å². The summed E-state index contributed by atoms with van der Waals surface area (Å²) in [4.78, 5) is 11.3. The van der Waals surface area contributed by atoms with Crippen LogP contribution in [0.4, 0.5) is 10.1 Å². The number of alkyl halides is 1. The van der Waals surface area contributed by atoms with Crippen molar-refractivity contribution in [2.45, 2.75) is 37.8 Å². The third-order valence-corrected chi connectivity index (χ3v) is 5.17. The fraction of sp³-hybridized carbons (Fsp3) is 0.556. The molecular weight excluding hydrogens is 291 g/mol. The predicted octanol–water partition coefficient (Wildman–Crippen LogP) is 3.04. The molecule has 3 heterocycles. The van der Waals surface area contributed by atoms with Crippen molar-refractivity contribution in [3.05, 3.63) is 30.2 Å². The second-order valence-electron chi connectivity index (χ2n) is 6.65. The maximum Gasteiger partial charge on any atom is 0.116 e. The number of halogens is 1. The van der Waals surface area contributed by atoms with E-state index in [4.69, 9.17) is 0 Å². The topological polar surface area (TPSA) is 41.0 Å². The number of aromatic nitrogens is 2. The predicted molar refractivity (Wildman–Crippen MR) is 90.7 cm³/mol. The van der Waals surface area contributed by atoms with E-state index in [1.165, 1.54) is 11.1 Å². The van der Waals surface area contributed by atoms with Crippen LogP contribution >= 0.6 is 0 Å². The maximum absolute atomic E-state index is 13.3. The van der Waals surface area contributed by atoms with Crippen LogP contribution in [0.25, 0.3) is 10.9 Å². The Morgan fingerprint density at radius 1 is 1.04 bits per heavy atom. The lowest BCUT2D eigenvalue weighted by atomic mass is 9.92. The van der Waals surface area contributed by atoms with E-state index in [0.29, 0.717) is 18.8 Å². The van der Waals surface area contributed by atoms with Gasteiger partial charge in [-0.15, -0.1) is 0 Å². The minimum atomic E-state index is -0.638. The number of rotatable bonds is 2. The fourth-order valence-corrected chi connectivity index (χ4v) is 3.79. The third-order valence-electron chi connectivity index (χ3n) is 5.17. The van der Waals surface area contributed by atoms with Gasteiger partial charge in [-0.05, 0) is 57.0 Å². The summed E-state index contributed by atoms with van der Waals surface area (Å²) in [5, 5.41) is 4.58. The van der Waals surface area contributed by atoms with E-state index in [1.54, 1.807) is 6.33 Å². The van der Waals surface area contributed by atoms with Gasteiger partial charge in [-0.25, -0.2) is 14.4 Å². The Morgan fingerprint density at radius 3 is 2.61 bits per heavy atom. The molecule has 4 rings (SSSR count). The van der Waals surface area contributed by atoms with Gasteiger partial charge in [-0.1, -0.05) is 0 Å². The van der Waals surface area contributed by atoms with E-state index < -0.39 is 6.17 Å². The Bertz CT molecular complexity index is 676. The summed E-state index contributed by atoms with van der Waals surface area (Å²) in [5.41, 5.74) is 3.35. The molecule has 0 bridgehead atoms. The summed E-state index contributed by atoms with van der Waals surface area (Å²) in [5.74, 6) is 0.523. The lowest BCUT2D eigenvalue weighted by molar-refractivity contribution is 0.277. The second kappa shape index (κ2) is 6.40. The van der Waals surface area contributed by atoms with Gasteiger partial charge in [0.15, 0.2) is 0 Å². The Kier molecular flexibility index (Phi) is 4.12. The Morgan fingerprint density at radius 2 is 1.83 bits per heavy atom. The molecule has 0 saturated carbocycles. The zero-order valence-corrected chi connectivity index (χ0v) is 13.3. The zero-order valence-electron chi connectivity index (χ0n) is 13.3. The molecule has 0 unspecified atom stereocenters. The van der Waals surface area contributed by atoms with Crippen molar-refractivity contribution in [1.82, 2.24) is 15.3 Å². The average Bonchev–Trinajstić information content (AvgIpc) is 2.62. The molecule has 0 amide bonds. The molecule has 23 heavy (non-hydrogen) atoms. The first kappa shape index (κ1) is 14.8. The number of benzene rings is 1. The number of piperidine rings is 2. The molecule has 0 radical (unpaired) electrons. The van der Waals surface area contributed by atoms with Crippen molar-refractivity contribution in [2.75, 3.05) is 31.1 Å². The van der Waals surface area contributed by atoms with Crippen LogP contribution in [0.1, 0.15) is 37.3 Å². The van der Waals surface area contributed by atoms with Crippen LogP contribution in [-0.4, -0.2) is 42.3 Å². The molecule has 2 saturated heterocycles. The standard InChI is InChI=1S/C18H23FN4/c19-14-5-9-23(10-6-14)15-1-2-16-17(11-15)21-12-22-18(16)13-3-7-20-8-4-13/h1-2,11-14,20H,3-10H2. The lowest BCUT2D eigenvalue weighted by Gasteiger charge is -2.30. The first-order valence-corrected chi connectivity index (χ1v) is 8.65. The van der Waals surface area contributed by atoms with E-state index in [1.807, 2.05) is 0 Å². The van der Waals surface area contributed by atoms with E-state index in [9.17, 15) is 4.39 Å². The summed E-state index contributed by atoms with van der Waals surface area (Å²) in [6.07, 6.45) is 4.58. The molecule has 0 aliphatic carbocycles. The van der Waals surface area contributed by atoms with Crippen molar-refractivity contribution in [1.29, 1.82) is 0 Å². The summed E-state index contributed by atoms with van der Waals surface area (Å²) in [6.45, 7) is 3.71. The van der Waals surface area contributed by atoms with Gasteiger partial charge in [0.1, 0.15) is 12.5 Å². The average molecular weight is 314 g/mol. The van der Waals surface area contributed by atoms with Crippen molar-refractivity contribution in [3.63, 3.8) is 0 Å². The molecule has 2 aliphatic heterocycles. The monoisotopic (exact) mass is 314 g/mol. The number of nitrogens with zero attached hydrogens (tertiary/aromatic N) is 3. The molecule has 122 valence electrons. The van der Waals surface area contributed by atoms with Crippen molar-refractivity contribution >= 4 is 16.6 Å². The summed E-state index contributed by atoms with van der Waals surface area (Å²) in [6, 6.07) is 6.44. The van der Waals surface area contributed by atoms with Crippen LogP contribution in [0.5, 0.6) is 0 Å². The summed E-state index contributed by atoms with van der Waals surface area (Å²) >= 11 is 0. The first-order chi connectivity index (χ1) is 11.3. The van der Waals surface area contributed by atoms with Gasteiger partial charge in [-0.3, -0.25) is 0 Å². The molecule has 2 aromatic rings. The molecule has 1 aromatic heterocycles. The molecule has 1 N–H and O–H groups in total. The molecule has 0 spiro atoms. The maximum atomic E-state index is 13.3. The summed E-state index contributed by atoms with van der Waals surface area (Å²) < 4.78 is 13.3. The zero-order chi connectivity index (χ0) is 15.6. The molecule has 1 aromatic carbocycles. The van der Waals surface area contributed by atoms with Gasteiger partial charge in [0.25, 0.3) is 0 Å². The molecule has 2 fully saturated rings. The lowest BCUT2D eigenvalue weighted by Crippen LogP contribution is -2.34. The minimum absolute atomic E-state index is 0.523. The second-order valence-corrected chi connectivity index (χ2v) is 6.65. The van der Waals surface area contributed by atoms with E-state index in [2.05, 4.69) is 38.4 Å². The van der Waals surface area contributed by atoms with Gasteiger partial charge in [-0.2, -0.15) is 0 Å². The minimum Gasteiger partial charge on any atom is -0.371 e. The van der Waals surface area contributed by atoms with Gasteiger partial charge >= 0.3 is 0 Å². The number of anilines is 1. The fourth-order valence-electron chi connectivity index (χ4n) is 3.79. The first-order valence-electron chi connectivity index (χ1n) is 8.65. The number of hydrogen-bond donors (Lipinski definition) is 1. The van der Waals surface area contributed by atoms with Gasteiger partial charge < -0.3 is 10.2 Å². The van der Waals surface area contributed by atoms with E-state index in [-0.39, 0.29) is 0 Å². The Labute approximate surface area is 136 Å². The van der Waals surface area contributed by atoms with Crippen LogP contribution in [0.2, 0.25) is 0 Å². The Balaban J connectivity index is 1.64. The molecule has 0 atom stereocenters. The highest BCUT2D eigenvalue weighted by atomic mass is 19.1. The molecule has 2 aliphatic rings. The SMILES string of the molecule is FC1CCN(c2ccc3c(C4CCNCC4)ncnc3c2)CC1. The van der Waals surface area contributed by atoms with Crippen LogP contribution in [0, 0.1) is 0 Å². The van der Waals surface area contributed by atoms with Gasteiger partial charge in [0.05, 0.1) is 11.2 Å². The number of hydrogen-bond acceptors (Lipinski definition) is 4. The highest BCUT2D eigenvalue weighted by molar-refractivity contribution is 5.84. The number of fused-ring (bicyclic) bond motifs is 1. The number of nitrogens with one attached hydrogen (secondary N) is 1. The smallest absolute Gasteiger partial charge is 0.116 e. The van der Waals surface area contributed by atoms with Crippen molar-refractivity contribution in [2.24, 2.45) is 0 Å². The molecular formula is C18H23FN4. The van der Waals surface area contributed by atoms with Crippen LogP contribution in [0.3, 0.4) is 0 Å². The quantitative estimate of drug-likeness (QED) is 0.925. The van der Waals surface area contributed by atoms with Gasteiger partial charge in [0.2, 0.25) is 0 Å². The van der Waals surface area contributed by atoms with E-state index >= 15 is 0 Å². The highest BCUT2D eigenvalue weighted by Gasteiger charge is 2.21. The highest BCUT2D eigenvalue weighted by Crippen LogP contribution is 2.31. The Hall–Kier alpha value is -1.75. The van der Waals surface area contributed by atoms with Crippen LogP contribution in [-0.2, 0) is 0 Å². The molecule has 4 nitrogen and oxygen atoms in total. The third kappa shape index (κ3) is 3.02. The van der Waals surface area contributed by atoms with Crippen LogP contribution < -0.4 is 10.2 Å². The van der Waals surface area contributed by atoms with E-state index in [0.717, 1.165) is 50.2 Å².